The molecule has 2 aromatic heterocycles. The van der Waals surface area contributed by atoms with Gasteiger partial charge in [-0.3, -0.25) is 0 Å². The predicted molar refractivity (Wildman–Crippen MR) is 119 cm³/mol. The molecule has 2 aliphatic rings. The van der Waals surface area contributed by atoms with Gasteiger partial charge in [0.1, 0.15) is 17.8 Å². The highest BCUT2D eigenvalue weighted by atomic mass is 32.2. The van der Waals surface area contributed by atoms with Crippen LogP contribution in [0.15, 0.2) is 22.9 Å². The second-order valence-corrected chi connectivity index (χ2v) is 10.9. The Balaban J connectivity index is 1.39. The number of oxazole rings is 1. The third kappa shape index (κ3) is 5.89. The van der Waals surface area contributed by atoms with E-state index in [0.717, 1.165) is 31.5 Å². The maximum atomic E-state index is 11.7. The summed E-state index contributed by atoms with van der Waals surface area (Å²) in [5.41, 5.74) is -0.0644. The van der Waals surface area contributed by atoms with Gasteiger partial charge in [-0.2, -0.15) is 4.98 Å². The monoisotopic (exact) mass is 480 g/mol. The summed E-state index contributed by atoms with van der Waals surface area (Å²) >= 11 is 0. The van der Waals surface area contributed by atoms with Crippen LogP contribution in [0.2, 0.25) is 0 Å². The molecule has 10 nitrogen and oxygen atoms in total. The first kappa shape index (κ1) is 24.1. The molecule has 2 heterocycles. The molecule has 0 saturated heterocycles. The minimum Gasteiger partial charge on any atom is -0.481 e. The first-order valence-electron chi connectivity index (χ1n) is 11.3. The SMILES string of the molecule is COc1ccnc(C2CCC(OC[C@]3(c4nc(CO)co4)CC[C@H](NS(C)(=O)=O)C3)CC2)n1. The number of nitrogens with zero attached hydrogens (tertiary/aromatic N) is 3. The second-order valence-electron chi connectivity index (χ2n) is 9.15. The summed E-state index contributed by atoms with van der Waals surface area (Å²) in [5.74, 6) is 2.17. The van der Waals surface area contributed by atoms with E-state index in [0.29, 0.717) is 43.3 Å². The summed E-state index contributed by atoms with van der Waals surface area (Å²) in [6, 6.07) is 1.55. The van der Waals surface area contributed by atoms with Gasteiger partial charge in [-0.05, 0) is 44.9 Å². The standard InChI is InChI=1S/C22H32N4O6S/c1-30-19-8-10-23-20(25-19)15-3-5-18(6-4-15)32-14-22(21-24-17(12-27)13-31-21)9-7-16(11-22)26-33(2,28)29/h8,10,13,15-16,18,26-27H,3-7,9,11-12,14H2,1-2H3/t15?,16-,18?,22-/m0/s1. The van der Waals surface area contributed by atoms with E-state index in [4.69, 9.17) is 13.9 Å². The van der Waals surface area contributed by atoms with Crippen LogP contribution in [0.5, 0.6) is 5.88 Å². The average Bonchev–Trinajstić information content (AvgIpc) is 3.45. The smallest absolute Gasteiger partial charge is 0.216 e. The lowest BCUT2D eigenvalue weighted by molar-refractivity contribution is -0.0104. The summed E-state index contributed by atoms with van der Waals surface area (Å²) in [7, 11) is -1.71. The average molecular weight is 481 g/mol. The van der Waals surface area contributed by atoms with Crippen LogP contribution in [0.4, 0.5) is 0 Å². The van der Waals surface area contributed by atoms with Crippen molar-refractivity contribution in [2.45, 2.75) is 75.0 Å². The Bertz CT molecular complexity index is 1040. The number of aromatic nitrogens is 3. The molecule has 2 fully saturated rings. The number of rotatable bonds is 9. The first-order chi connectivity index (χ1) is 15.8. The minimum atomic E-state index is -3.31. The van der Waals surface area contributed by atoms with Crippen molar-refractivity contribution < 1.29 is 27.4 Å². The molecule has 33 heavy (non-hydrogen) atoms. The van der Waals surface area contributed by atoms with Crippen LogP contribution < -0.4 is 9.46 Å². The van der Waals surface area contributed by atoms with Crippen LogP contribution >= 0.6 is 0 Å². The van der Waals surface area contributed by atoms with E-state index in [1.807, 2.05) is 0 Å². The molecule has 0 radical (unpaired) electrons. The number of methoxy groups -OCH3 is 1. The van der Waals surface area contributed by atoms with Gasteiger partial charge in [0, 0.05) is 24.2 Å². The molecular formula is C22H32N4O6S. The van der Waals surface area contributed by atoms with Crippen LogP contribution in [-0.4, -0.2) is 60.6 Å². The van der Waals surface area contributed by atoms with Gasteiger partial charge < -0.3 is 19.0 Å². The lowest BCUT2D eigenvalue weighted by Crippen LogP contribution is -2.37. The maximum Gasteiger partial charge on any atom is 0.216 e. The Labute approximate surface area is 194 Å². The molecule has 11 heteroatoms. The Morgan fingerprint density at radius 1 is 1.24 bits per heavy atom. The fourth-order valence-electron chi connectivity index (χ4n) is 4.97. The zero-order chi connectivity index (χ0) is 23.5. The highest BCUT2D eigenvalue weighted by Crippen LogP contribution is 2.42. The Hall–Kier alpha value is -2.08. The summed E-state index contributed by atoms with van der Waals surface area (Å²) in [5, 5.41) is 9.40. The Morgan fingerprint density at radius 2 is 2.03 bits per heavy atom. The normalized spacial score (nSPS) is 28.2. The van der Waals surface area contributed by atoms with Crippen molar-refractivity contribution in [3.8, 4) is 5.88 Å². The topological polar surface area (TPSA) is 137 Å². The lowest BCUT2D eigenvalue weighted by atomic mass is 9.85. The van der Waals surface area contributed by atoms with E-state index in [2.05, 4.69) is 19.7 Å². The molecular weight excluding hydrogens is 448 g/mol. The van der Waals surface area contributed by atoms with Crippen molar-refractivity contribution in [2.75, 3.05) is 20.0 Å². The third-order valence-electron chi connectivity index (χ3n) is 6.65. The molecule has 182 valence electrons. The number of nitrogens with one attached hydrogen (secondary N) is 1. The zero-order valence-electron chi connectivity index (χ0n) is 19.1. The highest BCUT2D eigenvalue weighted by molar-refractivity contribution is 7.88. The fourth-order valence-corrected chi connectivity index (χ4v) is 5.78. The lowest BCUT2D eigenvalue weighted by Gasteiger charge is -2.32. The van der Waals surface area contributed by atoms with E-state index < -0.39 is 15.4 Å². The summed E-state index contributed by atoms with van der Waals surface area (Å²) in [6.07, 6.45) is 9.98. The molecule has 2 atom stereocenters. The zero-order valence-corrected chi connectivity index (χ0v) is 19.9. The van der Waals surface area contributed by atoms with E-state index in [1.165, 1.54) is 12.5 Å². The predicted octanol–water partition coefficient (Wildman–Crippen LogP) is 2.05. The summed E-state index contributed by atoms with van der Waals surface area (Å²) < 4.78 is 43.5. The van der Waals surface area contributed by atoms with Crippen molar-refractivity contribution in [1.82, 2.24) is 19.7 Å². The Kier molecular flexibility index (Phi) is 7.32. The molecule has 4 rings (SSSR count). The van der Waals surface area contributed by atoms with Crippen LogP contribution in [0, 0.1) is 0 Å². The van der Waals surface area contributed by atoms with Crippen LogP contribution in [0.1, 0.15) is 68.3 Å². The first-order valence-corrected chi connectivity index (χ1v) is 13.2. The van der Waals surface area contributed by atoms with Crippen LogP contribution in [-0.2, 0) is 26.8 Å². The number of hydrogen-bond donors (Lipinski definition) is 2. The van der Waals surface area contributed by atoms with Crippen molar-refractivity contribution in [3.63, 3.8) is 0 Å². The number of aliphatic hydroxyl groups is 1. The third-order valence-corrected chi connectivity index (χ3v) is 7.41. The van der Waals surface area contributed by atoms with Gasteiger partial charge in [0.25, 0.3) is 0 Å². The number of aliphatic hydroxyl groups excluding tert-OH is 1. The Morgan fingerprint density at radius 3 is 2.70 bits per heavy atom. The molecule has 0 amide bonds. The molecule has 0 bridgehead atoms. The van der Waals surface area contributed by atoms with E-state index >= 15 is 0 Å². The van der Waals surface area contributed by atoms with Crippen molar-refractivity contribution in [2.24, 2.45) is 0 Å². The van der Waals surface area contributed by atoms with Crippen molar-refractivity contribution in [1.29, 1.82) is 0 Å². The van der Waals surface area contributed by atoms with Gasteiger partial charge in [-0.1, -0.05) is 0 Å². The fraction of sp³-hybridized carbons (Fsp3) is 0.682. The van der Waals surface area contributed by atoms with Gasteiger partial charge in [0.15, 0.2) is 0 Å². The van der Waals surface area contributed by atoms with Gasteiger partial charge in [0.05, 0.1) is 38.1 Å². The highest BCUT2D eigenvalue weighted by Gasteiger charge is 2.46. The van der Waals surface area contributed by atoms with Crippen LogP contribution in [0.3, 0.4) is 0 Å². The number of sulfonamides is 1. The van der Waals surface area contributed by atoms with E-state index in [9.17, 15) is 13.5 Å². The summed E-state index contributed by atoms with van der Waals surface area (Å²) in [4.78, 5) is 13.3. The molecule has 0 spiro atoms. The molecule has 2 aromatic rings. The molecule has 0 aliphatic heterocycles. The quantitative estimate of drug-likeness (QED) is 0.552. The second kappa shape index (κ2) is 10.0. The van der Waals surface area contributed by atoms with Gasteiger partial charge in [-0.15, -0.1) is 0 Å². The van der Waals surface area contributed by atoms with Gasteiger partial charge >= 0.3 is 0 Å². The van der Waals surface area contributed by atoms with Gasteiger partial charge in [-0.25, -0.2) is 23.1 Å². The molecule has 2 N–H and O–H groups in total. The number of ether oxygens (including phenoxy) is 2. The molecule has 0 aromatic carbocycles. The van der Waals surface area contributed by atoms with Crippen molar-refractivity contribution in [3.05, 3.63) is 35.9 Å². The van der Waals surface area contributed by atoms with E-state index in [1.54, 1.807) is 19.4 Å². The maximum absolute atomic E-state index is 11.7. The summed E-state index contributed by atoms with van der Waals surface area (Å²) in [6.45, 7) is 0.188. The van der Waals surface area contributed by atoms with Gasteiger partial charge in [0.2, 0.25) is 21.8 Å². The molecule has 0 unspecified atom stereocenters. The molecule has 2 aliphatic carbocycles. The van der Waals surface area contributed by atoms with E-state index in [-0.39, 0.29) is 24.7 Å². The van der Waals surface area contributed by atoms with Crippen LogP contribution in [0.25, 0.3) is 0 Å². The number of hydrogen-bond acceptors (Lipinski definition) is 9. The minimum absolute atomic E-state index is 0.0953. The largest absolute Gasteiger partial charge is 0.481 e. The molecule has 2 saturated carbocycles. The van der Waals surface area contributed by atoms with Crippen molar-refractivity contribution >= 4 is 10.0 Å².